The highest BCUT2D eigenvalue weighted by molar-refractivity contribution is 14.1. The third kappa shape index (κ3) is 7.80. The van der Waals surface area contributed by atoms with Gasteiger partial charge in [-0.3, -0.25) is 13.9 Å². The van der Waals surface area contributed by atoms with E-state index in [0.717, 1.165) is 19.0 Å². The Balaban J connectivity index is 1.98. The second kappa shape index (κ2) is 13.2. The predicted molar refractivity (Wildman–Crippen MR) is 159 cm³/mol. The Hall–Kier alpha value is -2.92. The minimum Gasteiger partial charge on any atom is -0.354 e. The number of halogens is 1. The van der Waals surface area contributed by atoms with Crippen molar-refractivity contribution in [2.75, 3.05) is 17.4 Å². The molecule has 0 bridgehead atoms. The lowest BCUT2D eigenvalue weighted by atomic mass is 10.1. The summed E-state index contributed by atoms with van der Waals surface area (Å²) in [6.45, 7) is 7.82. The summed E-state index contributed by atoms with van der Waals surface area (Å²) < 4.78 is 29.5. The quantitative estimate of drug-likeness (QED) is 0.298. The van der Waals surface area contributed by atoms with Gasteiger partial charge in [-0.15, -0.1) is 0 Å². The van der Waals surface area contributed by atoms with E-state index in [0.29, 0.717) is 12.2 Å². The van der Waals surface area contributed by atoms with E-state index in [-0.39, 0.29) is 23.3 Å². The highest BCUT2D eigenvalue weighted by Crippen LogP contribution is 2.25. The molecule has 0 spiro atoms. The first-order valence-corrected chi connectivity index (χ1v) is 15.0. The van der Waals surface area contributed by atoms with Crippen LogP contribution in [0.2, 0.25) is 0 Å². The van der Waals surface area contributed by atoms with Crippen molar-refractivity contribution in [1.82, 2.24) is 10.2 Å². The number of carbonyl (C=O) groups excluding carboxylic acids is 2. The summed E-state index contributed by atoms with van der Waals surface area (Å²) >= 11 is 2.14. The summed E-state index contributed by atoms with van der Waals surface area (Å²) in [6, 6.07) is 21.9. The molecule has 1 atom stereocenters. The predicted octanol–water partition coefficient (Wildman–Crippen LogP) is 4.98. The maximum absolute atomic E-state index is 13.9. The largest absolute Gasteiger partial charge is 0.354 e. The van der Waals surface area contributed by atoms with Crippen molar-refractivity contribution in [3.63, 3.8) is 0 Å². The van der Waals surface area contributed by atoms with Crippen LogP contribution in [-0.2, 0) is 26.2 Å². The van der Waals surface area contributed by atoms with Crippen molar-refractivity contribution in [3.8, 4) is 0 Å². The molecule has 9 heteroatoms. The zero-order chi connectivity index (χ0) is 27.9. The van der Waals surface area contributed by atoms with Crippen molar-refractivity contribution in [2.45, 2.75) is 45.2 Å². The number of rotatable bonds is 11. The summed E-state index contributed by atoms with van der Waals surface area (Å²) in [4.78, 5) is 28.4. The minimum atomic E-state index is -4.06. The number of nitrogens with one attached hydrogen (secondary N) is 1. The molecular formula is C29H34IN3O4S. The molecule has 0 unspecified atom stereocenters. The molecule has 0 heterocycles. The van der Waals surface area contributed by atoms with Crippen LogP contribution in [0.15, 0.2) is 83.8 Å². The third-order valence-electron chi connectivity index (χ3n) is 6.05. The Kier molecular flexibility index (Phi) is 10.3. The van der Waals surface area contributed by atoms with Gasteiger partial charge in [-0.25, -0.2) is 8.42 Å². The SMILES string of the molecule is Cc1ccc(CN(C(=O)CN(c2ccc(I)cc2)S(=O)(=O)c2ccccc2)[C@@H](C)C(=O)NCC(C)C)cc1. The number of hydrogen-bond acceptors (Lipinski definition) is 4. The van der Waals surface area contributed by atoms with Gasteiger partial charge in [0.2, 0.25) is 11.8 Å². The van der Waals surface area contributed by atoms with Gasteiger partial charge < -0.3 is 10.2 Å². The lowest BCUT2D eigenvalue weighted by Crippen LogP contribution is -2.51. The fourth-order valence-corrected chi connectivity index (χ4v) is 5.58. The molecule has 0 aromatic heterocycles. The number of aryl methyl sites for hydroxylation is 1. The first-order chi connectivity index (χ1) is 18.0. The minimum absolute atomic E-state index is 0.0826. The fraction of sp³-hybridized carbons (Fsp3) is 0.310. The van der Waals surface area contributed by atoms with Crippen LogP contribution in [0.4, 0.5) is 5.69 Å². The van der Waals surface area contributed by atoms with Gasteiger partial charge in [-0.1, -0.05) is 61.9 Å². The first-order valence-electron chi connectivity index (χ1n) is 12.4. The van der Waals surface area contributed by atoms with Gasteiger partial charge in [-0.05, 0) is 84.3 Å². The molecule has 0 saturated carbocycles. The molecule has 0 fully saturated rings. The topological polar surface area (TPSA) is 86.8 Å². The van der Waals surface area contributed by atoms with Crippen LogP contribution in [0.1, 0.15) is 31.9 Å². The zero-order valence-electron chi connectivity index (χ0n) is 22.1. The normalized spacial score (nSPS) is 12.2. The summed E-state index contributed by atoms with van der Waals surface area (Å²) in [5.41, 5.74) is 2.29. The summed E-state index contributed by atoms with van der Waals surface area (Å²) in [5.74, 6) is -0.512. The molecule has 0 aliphatic carbocycles. The van der Waals surface area contributed by atoms with Crippen LogP contribution in [0.5, 0.6) is 0 Å². The molecule has 0 radical (unpaired) electrons. The second-order valence-corrected chi connectivity index (χ2v) is 12.7. The summed E-state index contributed by atoms with van der Waals surface area (Å²) in [6.07, 6.45) is 0. The van der Waals surface area contributed by atoms with E-state index in [9.17, 15) is 18.0 Å². The average Bonchev–Trinajstić information content (AvgIpc) is 2.90. The highest BCUT2D eigenvalue weighted by atomic mass is 127. The van der Waals surface area contributed by atoms with E-state index in [2.05, 4.69) is 27.9 Å². The zero-order valence-corrected chi connectivity index (χ0v) is 25.1. The van der Waals surface area contributed by atoms with Gasteiger partial charge in [0, 0.05) is 16.7 Å². The number of nitrogens with zero attached hydrogens (tertiary/aromatic N) is 2. The smallest absolute Gasteiger partial charge is 0.264 e. The van der Waals surface area contributed by atoms with Crippen LogP contribution in [-0.4, -0.2) is 44.3 Å². The standard InChI is InChI=1S/C29H34IN3O4S/c1-21(2)18-31-29(35)23(4)32(19-24-12-10-22(3)11-13-24)28(34)20-33(26-16-14-25(30)15-17-26)38(36,37)27-8-6-5-7-9-27/h5-17,21,23H,18-20H2,1-4H3,(H,31,35)/t23-/m0/s1. The molecule has 3 rings (SSSR count). The van der Waals surface area contributed by atoms with E-state index in [4.69, 9.17) is 0 Å². The molecule has 0 aliphatic heterocycles. The van der Waals surface area contributed by atoms with E-state index < -0.39 is 28.5 Å². The van der Waals surface area contributed by atoms with E-state index in [1.807, 2.05) is 45.0 Å². The summed E-state index contributed by atoms with van der Waals surface area (Å²) in [5, 5.41) is 2.89. The molecule has 2 amide bonds. The van der Waals surface area contributed by atoms with Gasteiger partial charge in [0.1, 0.15) is 12.6 Å². The number of carbonyl (C=O) groups is 2. The number of sulfonamides is 1. The number of amides is 2. The number of anilines is 1. The Morgan fingerprint density at radius 3 is 2.08 bits per heavy atom. The summed E-state index contributed by atoms with van der Waals surface area (Å²) in [7, 11) is -4.06. The van der Waals surface area contributed by atoms with E-state index in [1.54, 1.807) is 49.4 Å². The molecule has 0 saturated heterocycles. The van der Waals surface area contributed by atoms with Gasteiger partial charge in [0.25, 0.3) is 10.0 Å². The third-order valence-corrected chi connectivity index (χ3v) is 8.56. The van der Waals surface area contributed by atoms with Gasteiger partial charge in [-0.2, -0.15) is 0 Å². The van der Waals surface area contributed by atoms with Crippen LogP contribution >= 0.6 is 22.6 Å². The van der Waals surface area contributed by atoms with Crippen molar-refractivity contribution >= 4 is 50.1 Å². The van der Waals surface area contributed by atoms with Crippen LogP contribution in [0.25, 0.3) is 0 Å². The fourth-order valence-electron chi connectivity index (χ4n) is 3.78. The Morgan fingerprint density at radius 2 is 1.50 bits per heavy atom. The van der Waals surface area contributed by atoms with Crippen LogP contribution in [0, 0.1) is 16.4 Å². The highest BCUT2D eigenvalue weighted by Gasteiger charge is 2.32. The van der Waals surface area contributed by atoms with E-state index in [1.165, 1.54) is 17.0 Å². The maximum atomic E-state index is 13.9. The number of hydrogen-bond donors (Lipinski definition) is 1. The molecule has 7 nitrogen and oxygen atoms in total. The Bertz CT molecular complexity index is 1330. The lowest BCUT2D eigenvalue weighted by molar-refractivity contribution is -0.139. The lowest BCUT2D eigenvalue weighted by Gasteiger charge is -2.32. The monoisotopic (exact) mass is 647 g/mol. The van der Waals surface area contributed by atoms with Gasteiger partial charge in [0.15, 0.2) is 0 Å². The molecule has 202 valence electrons. The molecule has 1 N–H and O–H groups in total. The number of benzene rings is 3. The van der Waals surface area contributed by atoms with Gasteiger partial charge >= 0.3 is 0 Å². The Morgan fingerprint density at radius 1 is 0.895 bits per heavy atom. The van der Waals surface area contributed by atoms with E-state index >= 15 is 0 Å². The van der Waals surface area contributed by atoms with Crippen molar-refractivity contribution in [2.24, 2.45) is 5.92 Å². The first kappa shape index (κ1) is 29.6. The Labute approximate surface area is 239 Å². The second-order valence-electron chi connectivity index (χ2n) is 9.62. The molecule has 3 aromatic rings. The molecule has 38 heavy (non-hydrogen) atoms. The van der Waals surface area contributed by atoms with Crippen molar-refractivity contribution in [1.29, 1.82) is 0 Å². The van der Waals surface area contributed by atoms with Crippen LogP contribution in [0.3, 0.4) is 0 Å². The maximum Gasteiger partial charge on any atom is 0.264 e. The molecule has 0 aliphatic rings. The van der Waals surface area contributed by atoms with Crippen molar-refractivity contribution in [3.05, 3.63) is 93.6 Å². The molecular weight excluding hydrogens is 613 g/mol. The van der Waals surface area contributed by atoms with Crippen LogP contribution < -0.4 is 9.62 Å². The average molecular weight is 648 g/mol. The van der Waals surface area contributed by atoms with Gasteiger partial charge in [0.05, 0.1) is 10.6 Å². The van der Waals surface area contributed by atoms with Crippen molar-refractivity contribution < 1.29 is 18.0 Å². The molecule has 3 aromatic carbocycles.